The van der Waals surface area contributed by atoms with Crippen molar-refractivity contribution in [1.82, 2.24) is 9.78 Å². The Bertz CT molecular complexity index is 525. The molecule has 0 aliphatic heterocycles. The number of carboxylic acids is 1. The lowest BCUT2D eigenvalue weighted by molar-refractivity contribution is 0.0702. The van der Waals surface area contributed by atoms with Crippen LogP contribution in [0.25, 0.3) is 10.2 Å². The fourth-order valence-corrected chi connectivity index (χ4v) is 2.52. The van der Waals surface area contributed by atoms with Crippen LogP contribution < -0.4 is 0 Å². The largest absolute Gasteiger partial charge is 0.477 e. The van der Waals surface area contributed by atoms with Crippen molar-refractivity contribution in [1.29, 1.82) is 0 Å². The third-order valence-electron chi connectivity index (χ3n) is 2.30. The molecule has 0 saturated carbocycles. The molecule has 15 heavy (non-hydrogen) atoms. The van der Waals surface area contributed by atoms with Crippen LogP contribution in [0.2, 0.25) is 0 Å². The van der Waals surface area contributed by atoms with Gasteiger partial charge in [-0.15, -0.1) is 11.3 Å². The molecule has 0 spiro atoms. The van der Waals surface area contributed by atoms with Crippen molar-refractivity contribution in [3.05, 3.63) is 16.6 Å². The van der Waals surface area contributed by atoms with Crippen LogP contribution in [0.5, 0.6) is 0 Å². The second-order valence-corrected chi connectivity index (χ2v) is 4.83. The van der Waals surface area contributed by atoms with E-state index in [2.05, 4.69) is 18.9 Å². The van der Waals surface area contributed by atoms with Gasteiger partial charge in [0, 0.05) is 12.4 Å². The monoisotopic (exact) mass is 224 g/mol. The Balaban J connectivity index is 2.70. The summed E-state index contributed by atoms with van der Waals surface area (Å²) in [6, 6.07) is 1.71. The summed E-state index contributed by atoms with van der Waals surface area (Å²) in [5.41, 5.74) is 0.969. The van der Waals surface area contributed by atoms with E-state index in [1.54, 1.807) is 10.7 Å². The van der Waals surface area contributed by atoms with Crippen molar-refractivity contribution in [2.24, 2.45) is 7.05 Å². The SMILES string of the molecule is CC(C)c1nn(C)c2sc(C(=O)O)cc12. The summed E-state index contributed by atoms with van der Waals surface area (Å²) in [6.07, 6.45) is 0. The lowest BCUT2D eigenvalue weighted by atomic mass is 10.1. The Labute approximate surface area is 91.1 Å². The molecule has 0 amide bonds. The van der Waals surface area contributed by atoms with Crippen molar-refractivity contribution < 1.29 is 9.90 Å². The first kappa shape index (κ1) is 10.2. The number of rotatable bonds is 2. The highest BCUT2D eigenvalue weighted by Crippen LogP contribution is 2.31. The number of aromatic carboxylic acids is 1. The summed E-state index contributed by atoms with van der Waals surface area (Å²) in [4.78, 5) is 12.1. The lowest BCUT2D eigenvalue weighted by Crippen LogP contribution is -1.95. The standard InChI is InChI=1S/C10H12N2O2S/c1-5(2)8-6-4-7(10(13)14)15-9(6)12(3)11-8/h4-5H,1-3H3,(H,13,14). The molecule has 0 aromatic carbocycles. The van der Waals surface area contributed by atoms with Crippen molar-refractivity contribution in [2.75, 3.05) is 0 Å². The predicted molar refractivity (Wildman–Crippen MR) is 59.6 cm³/mol. The van der Waals surface area contributed by atoms with Gasteiger partial charge < -0.3 is 5.11 Å². The summed E-state index contributed by atoms with van der Waals surface area (Å²) in [7, 11) is 1.84. The molecular formula is C10H12N2O2S. The molecule has 0 bridgehead atoms. The average Bonchev–Trinajstić information content (AvgIpc) is 2.66. The molecule has 2 rings (SSSR count). The minimum absolute atomic E-state index is 0.310. The van der Waals surface area contributed by atoms with E-state index in [1.807, 2.05) is 7.05 Å². The van der Waals surface area contributed by atoms with Gasteiger partial charge in [-0.3, -0.25) is 4.68 Å². The van der Waals surface area contributed by atoms with Crippen molar-refractivity contribution >= 4 is 27.5 Å². The number of carbonyl (C=O) groups is 1. The zero-order chi connectivity index (χ0) is 11.2. The molecule has 0 aliphatic carbocycles. The molecule has 0 saturated heterocycles. The molecule has 0 atom stereocenters. The molecule has 4 nitrogen and oxygen atoms in total. The maximum Gasteiger partial charge on any atom is 0.345 e. The summed E-state index contributed by atoms with van der Waals surface area (Å²) >= 11 is 1.27. The van der Waals surface area contributed by atoms with E-state index in [0.29, 0.717) is 10.8 Å². The van der Waals surface area contributed by atoms with Crippen molar-refractivity contribution in [3.8, 4) is 0 Å². The molecule has 1 N–H and O–H groups in total. The van der Waals surface area contributed by atoms with Crippen molar-refractivity contribution in [3.63, 3.8) is 0 Å². The first-order valence-corrected chi connectivity index (χ1v) is 5.52. The smallest absolute Gasteiger partial charge is 0.345 e. The molecule has 2 heterocycles. The Hall–Kier alpha value is -1.36. The second-order valence-electron chi connectivity index (χ2n) is 3.80. The van der Waals surface area contributed by atoms with E-state index in [4.69, 9.17) is 5.11 Å². The molecule has 5 heteroatoms. The zero-order valence-corrected chi connectivity index (χ0v) is 9.63. The van der Waals surface area contributed by atoms with E-state index in [1.165, 1.54) is 11.3 Å². The molecule has 80 valence electrons. The van der Waals surface area contributed by atoms with E-state index in [0.717, 1.165) is 15.9 Å². The van der Waals surface area contributed by atoms with Gasteiger partial charge in [0.2, 0.25) is 0 Å². The maximum absolute atomic E-state index is 10.8. The van der Waals surface area contributed by atoms with Gasteiger partial charge in [-0.1, -0.05) is 13.8 Å². The van der Waals surface area contributed by atoms with Gasteiger partial charge in [-0.25, -0.2) is 4.79 Å². The fraction of sp³-hybridized carbons (Fsp3) is 0.400. The van der Waals surface area contributed by atoms with Crippen LogP contribution in [0.4, 0.5) is 0 Å². The molecule has 0 radical (unpaired) electrons. The summed E-state index contributed by atoms with van der Waals surface area (Å²) in [6.45, 7) is 4.11. The highest BCUT2D eigenvalue weighted by molar-refractivity contribution is 7.20. The van der Waals surface area contributed by atoms with Crippen LogP contribution >= 0.6 is 11.3 Å². The highest BCUT2D eigenvalue weighted by Gasteiger charge is 2.17. The lowest BCUT2D eigenvalue weighted by Gasteiger charge is -1.98. The summed E-state index contributed by atoms with van der Waals surface area (Å²) in [5.74, 6) is -0.559. The van der Waals surface area contributed by atoms with E-state index < -0.39 is 5.97 Å². The average molecular weight is 224 g/mol. The van der Waals surface area contributed by atoms with Crippen LogP contribution in [0.15, 0.2) is 6.07 Å². The topological polar surface area (TPSA) is 55.1 Å². The third-order valence-corrected chi connectivity index (χ3v) is 3.49. The normalized spacial score (nSPS) is 11.5. The van der Waals surface area contributed by atoms with Crippen LogP contribution in [-0.4, -0.2) is 20.9 Å². The van der Waals surface area contributed by atoms with Gasteiger partial charge in [0.1, 0.15) is 9.71 Å². The van der Waals surface area contributed by atoms with Gasteiger partial charge in [-0.05, 0) is 12.0 Å². The van der Waals surface area contributed by atoms with Gasteiger partial charge in [0.25, 0.3) is 0 Å². The van der Waals surface area contributed by atoms with E-state index >= 15 is 0 Å². The predicted octanol–water partition coefficient (Wildman–Crippen LogP) is 2.46. The molecule has 0 aliphatic rings. The second kappa shape index (κ2) is 3.34. The number of thiophene rings is 1. The first-order chi connectivity index (χ1) is 7.00. The maximum atomic E-state index is 10.8. The molecule has 2 aromatic rings. The Kier molecular flexibility index (Phi) is 2.26. The zero-order valence-electron chi connectivity index (χ0n) is 8.81. The minimum atomic E-state index is -0.870. The molecule has 0 fully saturated rings. The number of aryl methyl sites for hydroxylation is 1. The van der Waals surface area contributed by atoms with Crippen LogP contribution in [0, 0.1) is 0 Å². The van der Waals surface area contributed by atoms with E-state index in [9.17, 15) is 4.79 Å². The van der Waals surface area contributed by atoms with Gasteiger partial charge >= 0.3 is 5.97 Å². The minimum Gasteiger partial charge on any atom is -0.477 e. The first-order valence-electron chi connectivity index (χ1n) is 4.70. The molecular weight excluding hydrogens is 212 g/mol. The van der Waals surface area contributed by atoms with Crippen molar-refractivity contribution in [2.45, 2.75) is 19.8 Å². The Morgan fingerprint density at radius 1 is 1.60 bits per heavy atom. The third kappa shape index (κ3) is 1.52. The molecule has 0 unspecified atom stereocenters. The number of hydrogen-bond donors (Lipinski definition) is 1. The van der Waals surface area contributed by atoms with Gasteiger partial charge in [-0.2, -0.15) is 5.10 Å². The quantitative estimate of drug-likeness (QED) is 0.852. The Morgan fingerprint density at radius 2 is 2.27 bits per heavy atom. The van der Waals surface area contributed by atoms with Crippen LogP contribution in [0.3, 0.4) is 0 Å². The fourth-order valence-electron chi connectivity index (χ4n) is 1.60. The molecule has 2 aromatic heterocycles. The number of hydrogen-bond acceptors (Lipinski definition) is 3. The number of fused-ring (bicyclic) bond motifs is 1. The van der Waals surface area contributed by atoms with Gasteiger partial charge in [0.05, 0.1) is 5.69 Å². The number of aromatic nitrogens is 2. The van der Waals surface area contributed by atoms with E-state index in [-0.39, 0.29) is 0 Å². The van der Waals surface area contributed by atoms with Crippen LogP contribution in [0.1, 0.15) is 35.1 Å². The highest BCUT2D eigenvalue weighted by atomic mass is 32.1. The Morgan fingerprint density at radius 3 is 2.80 bits per heavy atom. The summed E-state index contributed by atoms with van der Waals surface area (Å²) < 4.78 is 1.75. The summed E-state index contributed by atoms with van der Waals surface area (Å²) in [5, 5.41) is 14.3. The number of carboxylic acid groups (broad SMARTS) is 1. The van der Waals surface area contributed by atoms with Gasteiger partial charge in [0.15, 0.2) is 0 Å². The van der Waals surface area contributed by atoms with Crippen LogP contribution in [-0.2, 0) is 7.05 Å². The number of nitrogens with zero attached hydrogens (tertiary/aromatic N) is 2.